The molecule has 3 rings (SSSR count). The fourth-order valence-electron chi connectivity index (χ4n) is 2.89. The van der Waals surface area contributed by atoms with Gasteiger partial charge in [0.15, 0.2) is 11.9 Å². The highest BCUT2D eigenvalue weighted by Gasteiger charge is 2.19. The lowest BCUT2D eigenvalue weighted by Gasteiger charge is -2.15. The summed E-state index contributed by atoms with van der Waals surface area (Å²) in [5.74, 6) is 1.92. The Balaban J connectivity index is 1.59. The number of rotatable bonds is 5. The van der Waals surface area contributed by atoms with Crippen molar-refractivity contribution in [2.24, 2.45) is 0 Å². The molecule has 25 heavy (non-hydrogen) atoms. The van der Waals surface area contributed by atoms with E-state index in [1.165, 1.54) is 6.42 Å². The third kappa shape index (κ3) is 3.97. The van der Waals surface area contributed by atoms with Crippen LogP contribution >= 0.6 is 0 Å². The molecular weight excluding hydrogens is 318 g/mol. The number of amides is 1. The Morgan fingerprint density at radius 3 is 3.04 bits per heavy atom. The van der Waals surface area contributed by atoms with Crippen molar-refractivity contribution in [3.63, 3.8) is 0 Å². The second kappa shape index (κ2) is 7.79. The van der Waals surface area contributed by atoms with Crippen molar-refractivity contribution >= 4 is 5.91 Å². The Kier molecular flexibility index (Phi) is 5.29. The van der Waals surface area contributed by atoms with Gasteiger partial charge < -0.3 is 14.6 Å². The summed E-state index contributed by atoms with van der Waals surface area (Å²) < 4.78 is 7.72. The quantitative estimate of drug-likeness (QED) is 0.899. The normalized spacial score (nSPS) is 14.7. The molecule has 7 heteroatoms. The number of carbonyl (C=O) groups excluding carboxylic acids is 1. The molecule has 0 radical (unpaired) electrons. The topological polar surface area (TPSA) is 92.8 Å². The summed E-state index contributed by atoms with van der Waals surface area (Å²) in [6, 6.07) is 8.92. The minimum atomic E-state index is -0.707. The Morgan fingerprint density at radius 2 is 2.20 bits per heavy atom. The first-order valence-corrected chi connectivity index (χ1v) is 8.53. The standard InChI is InChI=1S/C18H21N5O2/c1-13(25-15-8-5-4-7-14(15)11-19)18(24)20-12-17-22-21-16-9-3-2-6-10-23(16)17/h4-5,7-8,13H,2-3,6,9-10,12H2,1H3,(H,20,24)/t13-/m0/s1. The van der Waals surface area contributed by atoms with Crippen LogP contribution in [0.15, 0.2) is 24.3 Å². The van der Waals surface area contributed by atoms with Crippen LogP contribution in [0, 0.1) is 11.3 Å². The van der Waals surface area contributed by atoms with Crippen LogP contribution in [0.25, 0.3) is 0 Å². The molecule has 7 nitrogen and oxygen atoms in total. The molecule has 1 aliphatic rings. The van der Waals surface area contributed by atoms with E-state index in [0.29, 0.717) is 17.9 Å². The van der Waals surface area contributed by atoms with Crippen LogP contribution in [0.4, 0.5) is 0 Å². The minimum Gasteiger partial charge on any atom is -0.480 e. The van der Waals surface area contributed by atoms with Gasteiger partial charge in [0.25, 0.3) is 5.91 Å². The zero-order chi connectivity index (χ0) is 17.6. The van der Waals surface area contributed by atoms with Gasteiger partial charge in [0, 0.05) is 13.0 Å². The zero-order valence-corrected chi connectivity index (χ0v) is 14.2. The predicted octanol–water partition coefficient (Wildman–Crippen LogP) is 1.96. The number of aromatic nitrogens is 3. The van der Waals surface area contributed by atoms with E-state index in [1.807, 2.05) is 0 Å². The smallest absolute Gasteiger partial charge is 0.261 e. The van der Waals surface area contributed by atoms with Gasteiger partial charge >= 0.3 is 0 Å². The summed E-state index contributed by atoms with van der Waals surface area (Å²) in [6.45, 7) is 2.88. The number of para-hydroxylation sites is 1. The lowest BCUT2D eigenvalue weighted by Crippen LogP contribution is -2.36. The van der Waals surface area contributed by atoms with Crippen molar-refractivity contribution in [3.05, 3.63) is 41.5 Å². The molecule has 0 saturated carbocycles. The van der Waals surface area contributed by atoms with Crippen molar-refractivity contribution in [1.29, 1.82) is 5.26 Å². The van der Waals surface area contributed by atoms with Crippen molar-refractivity contribution in [2.75, 3.05) is 0 Å². The molecule has 0 aliphatic carbocycles. The van der Waals surface area contributed by atoms with Crippen LogP contribution in [0.2, 0.25) is 0 Å². The lowest BCUT2D eigenvalue weighted by molar-refractivity contribution is -0.127. The second-order valence-electron chi connectivity index (χ2n) is 6.08. The maximum Gasteiger partial charge on any atom is 0.261 e. The van der Waals surface area contributed by atoms with E-state index >= 15 is 0 Å². The van der Waals surface area contributed by atoms with Crippen LogP contribution in [0.3, 0.4) is 0 Å². The van der Waals surface area contributed by atoms with Crippen molar-refractivity contribution in [1.82, 2.24) is 20.1 Å². The number of hydrogen-bond acceptors (Lipinski definition) is 5. The van der Waals surface area contributed by atoms with Crippen LogP contribution in [0.1, 0.15) is 43.4 Å². The first-order chi connectivity index (χ1) is 12.2. The van der Waals surface area contributed by atoms with Gasteiger partial charge in [-0.25, -0.2) is 0 Å². The number of hydrogen-bond donors (Lipinski definition) is 1. The summed E-state index contributed by atoms with van der Waals surface area (Å²) in [4.78, 5) is 12.3. The lowest BCUT2D eigenvalue weighted by atomic mass is 10.2. The van der Waals surface area contributed by atoms with Crippen molar-refractivity contribution < 1.29 is 9.53 Å². The Hall–Kier alpha value is -2.88. The van der Waals surface area contributed by atoms with E-state index < -0.39 is 6.10 Å². The number of nitrogens with one attached hydrogen (secondary N) is 1. The van der Waals surface area contributed by atoms with Crippen LogP contribution in [-0.2, 0) is 24.3 Å². The fraction of sp³-hybridized carbons (Fsp3) is 0.444. The molecule has 0 fully saturated rings. The van der Waals surface area contributed by atoms with Gasteiger partial charge in [-0.05, 0) is 31.9 Å². The van der Waals surface area contributed by atoms with E-state index in [9.17, 15) is 4.79 Å². The average molecular weight is 339 g/mol. The van der Waals surface area contributed by atoms with Gasteiger partial charge in [-0.15, -0.1) is 10.2 Å². The predicted molar refractivity (Wildman–Crippen MR) is 90.7 cm³/mol. The first kappa shape index (κ1) is 17.0. The molecule has 0 bridgehead atoms. The number of nitriles is 1. The molecule has 1 atom stereocenters. The van der Waals surface area contributed by atoms with E-state index in [0.717, 1.165) is 37.5 Å². The summed E-state index contributed by atoms with van der Waals surface area (Å²) in [7, 11) is 0. The Labute approximate surface area is 146 Å². The fourth-order valence-corrected chi connectivity index (χ4v) is 2.89. The molecule has 130 valence electrons. The first-order valence-electron chi connectivity index (χ1n) is 8.53. The number of carbonyl (C=O) groups is 1. The third-order valence-corrected chi connectivity index (χ3v) is 4.29. The van der Waals surface area contributed by atoms with Gasteiger partial charge in [0.05, 0.1) is 12.1 Å². The number of benzene rings is 1. The highest BCUT2D eigenvalue weighted by molar-refractivity contribution is 5.80. The molecule has 1 aromatic heterocycles. The molecule has 0 saturated heterocycles. The summed E-state index contributed by atoms with van der Waals surface area (Å²) in [6.07, 6.45) is 3.66. The summed E-state index contributed by atoms with van der Waals surface area (Å²) in [5.41, 5.74) is 0.407. The third-order valence-electron chi connectivity index (χ3n) is 4.29. The van der Waals surface area contributed by atoms with Gasteiger partial charge in [-0.3, -0.25) is 4.79 Å². The zero-order valence-electron chi connectivity index (χ0n) is 14.2. The molecular formula is C18H21N5O2. The SMILES string of the molecule is C[C@H](Oc1ccccc1C#N)C(=O)NCc1nnc2n1CCCCC2. The summed E-state index contributed by atoms with van der Waals surface area (Å²) in [5, 5.41) is 20.3. The highest BCUT2D eigenvalue weighted by Crippen LogP contribution is 2.18. The molecule has 0 spiro atoms. The maximum atomic E-state index is 12.3. The maximum absolute atomic E-state index is 12.3. The van der Waals surface area contributed by atoms with Crippen LogP contribution in [-0.4, -0.2) is 26.8 Å². The molecule has 2 heterocycles. The number of fused-ring (bicyclic) bond motifs is 1. The van der Waals surface area contributed by atoms with Crippen molar-refractivity contribution in [2.45, 2.75) is 51.8 Å². The van der Waals surface area contributed by atoms with Crippen LogP contribution < -0.4 is 10.1 Å². The molecule has 0 unspecified atom stereocenters. The molecule has 1 aromatic carbocycles. The highest BCUT2D eigenvalue weighted by atomic mass is 16.5. The monoisotopic (exact) mass is 339 g/mol. The summed E-state index contributed by atoms with van der Waals surface area (Å²) >= 11 is 0. The number of nitrogens with zero attached hydrogens (tertiary/aromatic N) is 4. The molecule has 2 aromatic rings. The van der Waals surface area contributed by atoms with E-state index in [1.54, 1.807) is 31.2 Å². The van der Waals surface area contributed by atoms with Crippen LogP contribution in [0.5, 0.6) is 5.75 Å². The molecule has 1 aliphatic heterocycles. The Bertz CT molecular complexity index is 793. The van der Waals surface area contributed by atoms with Gasteiger partial charge in [0.2, 0.25) is 0 Å². The minimum absolute atomic E-state index is 0.251. The molecule has 1 N–H and O–H groups in total. The van der Waals surface area contributed by atoms with E-state index in [-0.39, 0.29) is 5.91 Å². The average Bonchev–Trinajstić information content (AvgIpc) is 2.86. The van der Waals surface area contributed by atoms with Gasteiger partial charge in [-0.2, -0.15) is 5.26 Å². The largest absolute Gasteiger partial charge is 0.480 e. The van der Waals surface area contributed by atoms with Crippen molar-refractivity contribution in [3.8, 4) is 11.8 Å². The second-order valence-corrected chi connectivity index (χ2v) is 6.08. The van der Waals surface area contributed by atoms with E-state index in [2.05, 4.69) is 26.2 Å². The van der Waals surface area contributed by atoms with Gasteiger partial charge in [0.1, 0.15) is 17.6 Å². The van der Waals surface area contributed by atoms with E-state index in [4.69, 9.17) is 10.00 Å². The Morgan fingerprint density at radius 1 is 1.36 bits per heavy atom. The molecule has 1 amide bonds. The van der Waals surface area contributed by atoms with Gasteiger partial charge in [-0.1, -0.05) is 18.6 Å². The number of aryl methyl sites for hydroxylation is 1. The number of ether oxygens (including phenoxy) is 1.